The number of benzene rings is 1. The lowest BCUT2D eigenvalue weighted by molar-refractivity contribution is 0.0623. The summed E-state index contributed by atoms with van der Waals surface area (Å²) in [5, 5.41) is 0. The molecule has 0 unspecified atom stereocenters. The number of hydrogen-bond acceptors (Lipinski definition) is 4. The molecular weight excluding hydrogens is 362 g/mol. The van der Waals surface area contributed by atoms with Crippen LogP contribution >= 0.6 is 0 Å². The van der Waals surface area contributed by atoms with E-state index < -0.39 is 10.0 Å². The van der Waals surface area contributed by atoms with Crippen LogP contribution in [0, 0.1) is 5.41 Å². The lowest BCUT2D eigenvalue weighted by Gasteiger charge is -2.36. The molecule has 6 nitrogen and oxygen atoms in total. The molecule has 1 saturated heterocycles. The van der Waals surface area contributed by atoms with Crippen molar-refractivity contribution in [2.24, 2.45) is 5.41 Å². The molecule has 1 aromatic rings. The van der Waals surface area contributed by atoms with E-state index in [9.17, 15) is 13.2 Å². The fourth-order valence-electron chi connectivity index (χ4n) is 3.03. The van der Waals surface area contributed by atoms with Crippen LogP contribution in [0.3, 0.4) is 0 Å². The van der Waals surface area contributed by atoms with Gasteiger partial charge in [-0.25, -0.2) is 13.1 Å². The smallest absolute Gasteiger partial charge is 0.253 e. The summed E-state index contributed by atoms with van der Waals surface area (Å²) in [5.41, 5.74) is 0.730. The first-order chi connectivity index (χ1) is 12.5. The van der Waals surface area contributed by atoms with Gasteiger partial charge in [0.15, 0.2) is 0 Å². The highest BCUT2D eigenvalue weighted by Crippen LogP contribution is 2.20. The highest BCUT2D eigenvalue weighted by molar-refractivity contribution is 7.89. The number of sulfonamides is 1. The third kappa shape index (κ3) is 6.59. The molecular formula is C20H33N3O3S. The summed E-state index contributed by atoms with van der Waals surface area (Å²) < 4.78 is 27.2. The second-order valence-electron chi connectivity index (χ2n) is 8.75. The molecule has 0 spiro atoms. The Morgan fingerprint density at radius 3 is 2.33 bits per heavy atom. The number of piperazine rings is 1. The van der Waals surface area contributed by atoms with Crippen molar-refractivity contribution >= 4 is 15.9 Å². The molecule has 2 rings (SSSR count). The van der Waals surface area contributed by atoms with E-state index in [4.69, 9.17) is 0 Å². The molecule has 0 aliphatic carbocycles. The second-order valence-corrected chi connectivity index (χ2v) is 10.5. The lowest BCUT2D eigenvalue weighted by atomic mass is 9.92. The predicted octanol–water partition coefficient (Wildman–Crippen LogP) is 2.57. The molecule has 0 saturated carbocycles. The average molecular weight is 396 g/mol. The minimum Gasteiger partial charge on any atom is -0.336 e. The number of hydrogen-bond donors (Lipinski definition) is 1. The highest BCUT2D eigenvalue weighted by Gasteiger charge is 2.24. The molecule has 1 aliphatic heterocycles. The van der Waals surface area contributed by atoms with Crippen LogP contribution < -0.4 is 4.72 Å². The minimum atomic E-state index is -3.61. The number of amides is 1. The van der Waals surface area contributed by atoms with Crippen LogP contribution in [-0.4, -0.2) is 62.9 Å². The molecule has 27 heavy (non-hydrogen) atoms. The molecule has 0 radical (unpaired) electrons. The maximum absolute atomic E-state index is 12.8. The van der Waals surface area contributed by atoms with Gasteiger partial charge in [0.25, 0.3) is 5.91 Å². The zero-order valence-electron chi connectivity index (χ0n) is 17.2. The largest absolute Gasteiger partial charge is 0.336 e. The van der Waals surface area contributed by atoms with E-state index in [1.54, 1.807) is 26.0 Å². The van der Waals surface area contributed by atoms with E-state index in [0.717, 1.165) is 26.1 Å². The van der Waals surface area contributed by atoms with E-state index in [0.29, 0.717) is 24.1 Å². The summed E-state index contributed by atoms with van der Waals surface area (Å²) in [7, 11) is -3.61. The molecule has 1 aromatic carbocycles. The van der Waals surface area contributed by atoms with Crippen molar-refractivity contribution in [3.8, 4) is 0 Å². The summed E-state index contributed by atoms with van der Waals surface area (Å²) in [5.74, 6) is -0.105. The van der Waals surface area contributed by atoms with Crippen LogP contribution in [-0.2, 0) is 10.0 Å². The molecule has 0 atom stereocenters. The van der Waals surface area contributed by atoms with Gasteiger partial charge in [-0.1, -0.05) is 26.8 Å². The van der Waals surface area contributed by atoms with Gasteiger partial charge in [0.1, 0.15) is 0 Å². The van der Waals surface area contributed by atoms with Crippen molar-refractivity contribution in [1.82, 2.24) is 14.5 Å². The van der Waals surface area contributed by atoms with Crippen LogP contribution in [0.2, 0.25) is 0 Å². The Balaban J connectivity index is 2.00. The molecule has 7 heteroatoms. The molecule has 1 amide bonds. The fraction of sp³-hybridized carbons (Fsp3) is 0.650. The lowest BCUT2D eigenvalue weighted by Crippen LogP contribution is -2.49. The van der Waals surface area contributed by atoms with Crippen LogP contribution in [0.25, 0.3) is 0 Å². The average Bonchev–Trinajstić information content (AvgIpc) is 2.58. The summed E-state index contributed by atoms with van der Waals surface area (Å²) >= 11 is 0. The zero-order valence-corrected chi connectivity index (χ0v) is 18.0. The van der Waals surface area contributed by atoms with Gasteiger partial charge in [0.05, 0.1) is 4.90 Å². The van der Waals surface area contributed by atoms with Gasteiger partial charge in [0, 0.05) is 37.8 Å². The van der Waals surface area contributed by atoms with Crippen molar-refractivity contribution in [3.05, 3.63) is 29.8 Å². The van der Waals surface area contributed by atoms with Crippen molar-refractivity contribution in [1.29, 1.82) is 0 Å². The topological polar surface area (TPSA) is 69.7 Å². The second kappa shape index (κ2) is 8.71. The van der Waals surface area contributed by atoms with Crippen molar-refractivity contribution < 1.29 is 13.2 Å². The van der Waals surface area contributed by atoms with Gasteiger partial charge in [-0.05, 0) is 50.4 Å². The first-order valence-corrected chi connectivity index (χ1v) is 11.1. The Morgan fingerprint density at radius 2 is 1.78 bits per heavy atom. The van der Waals surface area contributed by atoms with Gasteiger partial charge < -0.3 is 4.90 Å². The standard InChI is InChI=1S/C20H33N3O3S/c1-16(2)21-27(25,26)18-8-6-7-17(15-18)19(24)23-13-11-22(12-14-23)10-9-20(3,4)5/h6-8,15-16,21H,9-14H2,1-5H3. The summed E-state index contributed by atoms with van der Waals surface area (Å²) in [6, 6.07) is 6.10. The van der Waals surface area contributed by atoms with Crippen molar-refractivity contribution in [2.75, 3.05) is 32.7 Å². The Hall–Kier alpha value is -1.44. The van der Waals surface area contributed by atoms with Crippen LogP contribution in [0.1, 0.15) is 51.4 Å². The van der Waals surface area contributed by atoms with Gasteiger partial charge in [-0.3, -0.25) is 9.69 Å². The first kappa shape index (κ1) is 21.9. The first-order valence-electron chi connectivity index (χ1n) is 9.62. The Labute approximate surface area is 164 Å². The summed E-state index contributed by atoms with van der Waals surface area (Å²) in [6.45, 7) is 14.3. The molecule has 1 aliphatic rings. The summed E-state index contributed by atoms with van der Waals surface area (Å²) in [4.78, 5) is 17.2. The molecule has 0 aromatic heterocycles. The Morgan fingerprint density at radius 1 is 1.15 bits per heavy atom. The Kier molecular flexibility index (Phi) is 7.05. The third-order valence-electron chi connectivity index (χ3n) is 4.62. The van der Waals surface area contributed by atoms with Crippen molar-refractivity contribution in [3.63, 3.8) is 0 Å². The molecule has 1 N–H and O–H groups in total. The van der Waals surface area contributed by atoms with E-state index in [2.05, 4.69) is 30.4 Å². The van der Waals surface area contributed by atoms with Gasteiger partial charge in [-0.15, -0.1) is 0 Å². The number of rotatable bonds is 6. The zero-order chi connectivity index (χ0) is 20.2. The fourth-order valence-corrected chi connectivity index (χ4v) is 4.32. The third-order valence-corrected chi connectivity index (χ3v) is 6.28. The molecule has 1 heterocycles. The van der Waals surface area contributed by atoms with Crippen molar-refractivity contribution in [2.45, 2.75) is 52.0 Å². The maximum Gasteiger partial charge on any atom is 0.253 e. The van der Waals surface area contributed by atoms with Gasteiger partial charge >= 0.3 is 0 Å². The Bertz CT molecular complexity index is 746. The summed E-state index contributed by atoms with van der Waals surface area (Å²) in [6.07, 6.45) is 1.13. The normalized spacial score (nSPS) is 16.7. The monoisotopic (exact) mass is 395 g/mol. The quantitative estimate of drug-likeness (QED) is 0.804. The van der Waals surface area contributed by atoms with Crippen LogP contribution in [0.15, 0.2) is 29.2 Å². The van der Waals surface area contributed by atoms with Crippen LogP contribution in [0.5, 0.6) is 0 Å². The van der Waals surface area contributed by atoms with E-state index in [1.165, 1.54) is 12.1 Å². The molecule has 1 fully saturated rings. The minimum absolute atomic E-state index is 0.105. The van der Waals surface area contributed by atoms with Gasteiger partial charge in [-0.2, -0.15) is 0 Å². The van der Waals surface area contributed by atoms with E-state index in [-0.39, 0.29) is 16.8 Å². The van der Waals surface area contributed by atoms with Crippen LogP contribution in [0.4, 0.5) is 0 Å². The number of carbonyl (C=O) groups excluding carboxylic acids is 1. The number of nitrogens with one attached hydrogen (secondary N) is 1. The number of carbonyl (C=O) groups is 1. The highest BCUT2D eigenvalue weighted by atomic mass is 32.2. The number of nitrogens with zero attached hydrogens (tertiary/aromatic N) is 2. The van der Waals surface area contributed by atoms with E-state index >= 15 is 0 Å². The molecule has 152 valence electrons. The van der Waals surface area contributed by atoms with E-state index in [1.807, 2.05) is 4.90 Å². The molecule has 0 bridgehead atoms. The van der Waals surface area contributed by atoms with Gasteiger partial charge in [0.2, 0.25) is 10.0 Å². The SMILES string of the molecule is CC(C)NS(=O)(=O)c1cccc(C(=O)N2CCN(CCC(C)(C)C)CC2)c1. The predicted molar refractivity (Wildman–Crippen MR) is 108 cm³/mol. The maximum atomic E-state index is 12.8.